The minimum Gasteiger partial charge on any atom is -0.493 e. The predicted octanol–water partition coefficient (Wildman–Crippen LogP) is 1.16. The molecule has 2 aliphatic rings. The van der Waals surface area contributed by atoms with Gasteiger partial charge in [-0.05, 0) is 6.08 Å². The Bertz CT molecular complexity index is 365. The van der Waals surface area contributed by atoms with E-state index in [0.29, 0.717) is 11.5 Å². The van der Waals surface area contributed by atoms with Crippen LogP contribution in [-0.2, 0) is 19.0 Å². The van der Waals surface area contributed by atoms with Gasteiger partial charge in [-0.25, -0.2) is 4.79 Å². The first kappa shape index (κ1) is 9.83. The number of carbonyl (C=O) groups is 1. The number of hydrogen-bond donors (Lipinski definition) is 0. The molecular formula is C11H12O4. The zero-order valence-corrected chi connectivity index (χ0v) is 8.60. The second-order valence-electron chi connectivity index (χ2n) is 3.31. The Balaban J connectivity index is 2.30. The van der Waals surface area contributed by atoms with Crippen LogP contribution in [0.3, 0.4) is 0 Å². The van der Waals surface area contributed by atoms with Crippen molar-refractivity contribution in [2.24, 2.45) is 5.92 Å². The second kappa shape index (κ2) is 3.81. The van der Waals surface area contributed by atoms with E-state index in [0.717, 1.165) is 0 Å². The van der Waals surface area contributed by atoms with Crippen molar-refractivity contribution in [1.29, 1.82) is 0 Å². The smallest absolute Gasteiger partial charge is 0.331 e. The van der Waals surface area contributed by atoms with E-state index in [1.807, 2.05) is 6.08 Å². The lowest BCUT2D eigenvalue weighted by atomic mass is 9.94. The molecule has 0 saturated carbocycles. The van der Waals surface area contributed by atoms with Gasteiger partial charge in [0.2, 0.25) is 0 Å². The largest absolute Gasteiger partial charge is 0.493 e. The van der Waals surface area contributed by atoms with E-state index in [9.17, 15) is 4.79 Å². The topological polar surface area (TPSA) is 44.8 Å². The molecule has 2 atom stereocenters. The Morgan fingerprint density at radius 2 is 1.87 bits per heavy atom. The lowest BCUT2D eigenvalue weighted by Crippen LogP contribution is -2.29. The number of hydrogen-bond acceptors (Lipinski definition) is 4. The molecule has 15 heavy (non-hydrogen) atoms. The maximum Gasteiger partial charge on any atom is 0.331 e. The third kappa shape index (κ3) is 1.75. The highest BCUT2D eigenvalue weighted by Gasteiger charge is 2.29. The van der Waals surface area contributed by atoms with Crippen molar-refractivity contribution in [3.05, 3.63) is 35.8 Å². The zero-order valence-electron chi connectivity index (χ0n) is 8.60. The monoisotopic (exact) mass is 208 g/mol. The summed E-state index contributed by atoms with van der Waals surface area (Å²) in [5, 5.41) is 0. The minimum absolute atomic E-state index is 0.0385. The van der Waals surface area contributed by atoms with Crippen LogP contribution in [0.4, 0.5) is 0 Å². The molecule has 0 unspecified atom stereocenters. The molecule has 0 aromatic carbocycles. The first-order valence-electron chi connectivity index (χ1n) is 4.65. The molecule has 0 amide bonds. The fraction of sp³-hybridized carbons (Fsp3) is 0.364. The Morgan fingerprint density at radius 3 is 2.53 bits per heavy atom. The molecule has 2 rings (SSSR count). The summed E-state index contributed by atoms with van der Waals surface area (Å²) in [6.45, 7) is 0. The van der Waals surface area contributed by atoms with Crippen LogP contribution in [0, 0.1) is 5.92 Å². The Morgan fingerprint density at radius 1 is 1.20 bits per heavy atom. The van der Waals surface area contributed by atoms with Crippen molar-refractivity contribution >= 4 is 5.97 Å². The molecule has 80 valence electrons. The number of esters is 1. The third-order valence-electron chi connectivity index (χ3n) is 2.43. The Kier molecular flexibility index (Phi) is 2.49. The first-order chi connectivity index (χ1) is 7.24. The van der Waals surface area contributed by atoms with Gasteiger partial charge in [0, 0.05) is 18.1 Å². The van der Waals surface area contributed by atoms with Gasteiger partial charge in [-0.2, -0.15) is 0 Å². The molecular weight excluding hydrogens is 196 g/mol. The summed E-state index contributed by atoms with van der Waals surface area (Å²) in [6.07, 6.45) is 6.59. The highest BCUT2D eigenvalue weighted by atomic mass is 16.5. The van der Waals surface area contributed by atoms with Gasteiger partial charge < -0.3 is 14.2 Å². The third-order valence-corrected chi connectivity index (χ3v) is 2.43. The number of fused-ring (bicyclic) bond motifs is 1. The second-order valence-corrected chi connectivity index (χ2v) is 3.31. The predicted molar refractivity (Wildman–Crippen MR) is 52.7 cm³/mol. The van der Waals surface area contributed by atoms with E-state index < -0.39 is 0 Å². The van der Waals surface area contributed by atoms with Gasteiger partial charge in [-0.1, -0.05) is 6.08 Å². The van der Waals surface area contributed by atoms with E-state index in [-0.39, 0.29) is 18.0 Å². The van der Waals surface area contributed by atoms with E-state index in [1.54, 1.807) is 26.4 Å². The van der Waals surface area contributed by atoms with Crippen molar-refractivity contribution in [3.63, 3.8) is 0 Å². The van der Waals surface area contributed by atoms with E-state index in [2.05, 4.69) is 0 Å². The number of carbonyl (C=O) groups excluding carboxylic acids is 1. The van der Waals surface area contributed by atoms with Crippen LogP contribution in [0.5, 0.6) is 0 Å². The molecule has 1 aliphatic heterocycles. The highest BCUT2D eigenvalue weighted by molar-refractivity contribution is 5.83. The summed E-state index contributed by atoms with van der Waals surface area (Å²) >= 11 is 0. The molecule has 1 heterocycles. The maximum atomic E-state index is 11.0. The lowest BCUT2D eigenvalue weighted by molar-refractivity contribution is -0.143. The average Bonchev–Trinajstić information content (AvgIpc) is 2.27. The van der Waals surface area contributed by atoms with Crippen LogP contribution in [0.25, 0.3) is 0 Å². The minimum atomic E-state index is -0.322. The van der Waals surface area contributed by atoms with Gasteiger partial charge in [0.25, 0.3) is 0 Å². The normalized spacial score (nSPS) is 28.5. The molecule has 0 aromatic heterocycles. The summed E-state index contributed by atoms with van der Waals surface area (Å²) < 4.78 is 15.4. The summed E-state index contributed by atoms with van der Waals surface area (Å²) in [4.78, 5) is 11.0. The first-order valence-corrected chi connectivity index (χ1v) is 4.65. The molecule has 4 heteroatoms. The van der Waals surface area contributed by atoms with Crippen LogP contribution in [0.1, 0.15) is 0 Å². The quantitative estimate of drug-likeness (QED) is 0.639. The van der Waals surface area contributed by atoms with Crippen molar-refractivity contribution in [2.45, 2.75) is 6.10 Å². The number of rotatable bonds is 2. The fourth-order valence-corrected chi connectivity index (χ4v) is 1.67. The van der Waals surface area contributed by atoms with Gasteiger partial charge >= 0.3 is 5.97 Å². The standard InChI is InChI=1S/C11H12O4/c1-13-9-5-7-3-4-11(12)15-8(7)6-10(9)14-2/h3-8H,1-2H3/t7-,8+/m1/s1. The zero-order chi connectivity index (χ0) is 10.8. The molecule has 0 aromatic rings. The van der Waals surface area contributed by atoms with Crippen molar-refractivity contribution in [3.8, 4) is 0 Å². The molecule has 0 N–H and O–H groups in total. The molecule has 0 radical (unpaired) electrons. The molecule has 0 bridgehead atoms. The van der Waals surface area contributed by atoms with Crippen LogP contribution < -0.4 is 0 Å². The van der Waals surface area contributed by atoms with Crippen molar-refractivity contribution in [1.82, 2.24) is 0 Å². The molecule has 4 nitrogen and oxygen atoms in total. The Hall–Kier alpha value is -1.71. The molecule has 0 saturated heterocycles. The average molecular weight is 208 g/mol. The fourth-order valence-electron chi connectivity index (χ4n) is 1.67. The summed E-state index contributed by atoms with van der Waals surface area (Å²) in [7, 11) is 3.14. The van der Waals surface area contributed by atoms with Crippen molar-refractivity contribution in [2.75, 3.05) is 14.2 Å². The number of ether oxygens (including phenoxy) is 3. The van der Waals surface area contributed by atoms with Crippen LogP contribution >= 0.6 is 0 Å². The summed E-state index contributed by atoms with van der Waals surface area (Å²) in [5.74, 6) is 0.983. The molecule has 0 fully saturated rings. The van der Waals surface area contributed by atoms with Crippen LogP contribution in [0.2, 0.25) is 0 Å². The van der Waals surface area contributed by atoms with Crippen molar-refractivity contribution < 1.29 is 19.0 Å². The highest BCUT2D eigenvalue weighted by Crippen LogP contribution is 2.29. The van der Waals surface area contributed by atoms with Gasteiger partial charge in [0.15, 0.2) is 11.5 Å². The van der Waals surface area contributed by atoms with Crippen LogP contribution in [0.15, 0.2) is 35.8 Å². The van der Waals surface area contributed by atoms with Gasteiger partial charge in [-0.15, -0.1) is 0 Å². The summed E-state index contributed by atoms with van der Waals surface area (Å²) in [5.41, 5.74) is 0. The number of methoxy groups -OCH3 is 2. The summed E-state index contributed by atoms with van der Waals surface area (Å²) in [6, 6.07) is 0. The van der Waals surface area contributed by atoms with E-state index in [4.69, 9.17) is 14.2 Å². The molecule has 1 aliphatic carbocycles. The van der Waals surface area contributed by atoms with E-state index >= 15 is 0 Å². The SMILES string of the molecule is COC1=C[C@H]2C=CC(=O)O[C@H]2C=C1OC. The van der Waals surface area contributed by atoms with E-state index in [1.165, 1.54) is 6.08 Å². The van der Waals surface area contributed by atoms with Gasteiger partial charge in [-0.3, -0.25) is 0 Å². The lowest BCUT2D eigenvalue weighted by Gasteiger charge is -2.27. The maximum absolute atomic E-state index is 11.0. The Labute approximate surface area is 87.8 Å². The van der Waals surface area contributed by atoms with Gasteiger partial charge in [0.05, 0.1) is 14.2 Å². The van der Waals surface area contributed by atoms with Gasteiger partial charge in [0.1, 0.15) is 6.10 Å². The molecule has 0 spiro atoms. The van der Waals surface area contributed by atoms with Crippen LogP contribution in [-0.4, -0.2) is 26.3 Å².